The van der Waals surface area contributed by atoms with E-state index in [0.29, 0.717) is 12.6 Å². The van der Waals surface area contributed by atoms with E-state index in [4.69, 9.17) is 0 Å². The molecule has 0 radical (unpaired) electrons. The molecular formula is C13H26N2O2S. The molecule has 18 heavy (non-hydrogen) atoms. The Morgan fingerprint density at radius 1 is 1.17 bits per heavy atom. The molecule has 0 aromatic heterocycles. The molecule has 2 fully saturated rings. The molecule has 0 aromatic rings. The van der Waals surface area contributed by atoms with E-state index in [-0.39, 0.29) is 5.25 Å². The first-order valence-corrected chi connectivity index (χ1v) is 8.87. The van der Waals surface area contributed by atoms with Crippen molar-refractivity contribution in [3.8, 4) is 0 Å². The van der Waals surface area contributed by atoms with Crippen molar-refractivity contribution < 1.29 is 8.42 Å². The zero-order chi connectivity index (χ0) is 13.0. The maximum Gasteiger partial charge on any atom is 0.217 e. The van der Waals surface area contributed by atoms with Gasteiger partial charge in [0.15, 0.2) is 0 Å². The quantitative estimate of drug-likeness (QED) is 0.830. The van der Waals surface area contributed by atoms with E-state index in [1.54, 1.807) is 4.31 Å². The van der Waals surface area contributed by atoms with Crippen molar-refractivity contribution in [2.45, 2.75) is 63.2 Å². The van der Waals surface area contributed by atoms with Gasteiger partial charge in [-0.15, -0.1) is 0 Å². The molecule has 1 heterocycles. The lowest BCUT2D eigenvalue weighted by Crippen LogP contribution is -2.50. The molecule has 1 saturated carbocycles. The second kappa shape index (κ2) is 6.35. The Balaban J connectivity index is 1.94. The van der Waals surface area contributed by atoms with Crippen LogP contribution in [0.2, 0.25) is 0 Å². The van der Waals surface area contributed by atoms with Crippen LogP contribution < -0.4 is 5.32 Å². The van der Waals surface area contributed by atoms with Gasteiger partial charge in [-0.1, -0.05) is 19.8 Å². The van der Waals surface area contributed by atoms with Gasteiger partial charge in [-0.05, 0) is 38.6 Å². The minimum absolute atomic E-state index is 0.0950. The Kier molecular flexibility index (Phi) is 5.04. The summed E-state index contributed by atoms with van der Waals surface area (Å²) in [5.41, 5.74) is 0. The Hall–Kier alpha value is -0.130. The van der Waals surface area contributed by atoms with Gasteiger partial charge in [-0.2, -0.15) is 0 Å². The summed E-state index contributed by atoms with van der Waals surface area (Å²) in [7, 11) is -3.03. The zero-order valence-corrected chi connectivity index (χ0v) is 12.2. The van der Waals surface area contributed by atoms with Crippen molar-refractivity contribution >= 4 is 10.0 Å². The molecule has 1 aliphatic carbocycles. The predicted molar refractivity (Wildman–Crippen MR) is 74.1 cm³/mol. The van der Waals surface area contributed by atoms with Crippen molar-refractivity contribution in [1.82, 2.24) is 9.62 Å². The molecule has 1 N–H and O–H groups in total. The highest BCUT2D eigenvalue weighted by atomic mass is 32.2. The summed E-state index contributed by atoms with van der Waals surface area (Å²) in [5.74, 6) is 0. The van der Waals surface area contributed by atoms with Crippen LogP contribution in [0.3, 0.4) is 0 Å². The van der Waals surface area contributed by atoms with Gasteiger partial charge in [0.2, 0.25) is 10.0 Å². The number of rotatable bonds is 5. The monoisotopic (exact) mass is 274 g/mol. The summed E-state index contributed by atoms with van der Waals surface area (Å²) in [6.45, 7) is 4.53. The fourth-order valence-electron chi connectivity index (χ4n) is 3.09. The second-order valence-electron chi connectivity index (χ2n) is 5.60. The van der Waals surface area contributed by atoms with E-state index >= 15 is 0 Å². The van der Waals surface area contributed by atoms with Crippen molar-refractivity contribution in [1.29, 1.82) is 0 Å². The van der Waals surface area contributed by atoms with E-state index in [1.165, 1.54) is 0 Å². The average molecular weight is 274 g/mol. The highest BCUT2D eigenvalue weighted by Crippen LogP contribution is 2.28. The SMILES string of the molecule is CCCNC1CCCN(S(=O)(=O)C2CCCC2)C1. The highest BCUT2D eigenvalue weighted by Gasteiger charge is 2.36. The van der Waals surface area contributed by atoms with Gasteiger partial charge in [0.05, 0.1) is 5.25 Å². The highest BCUT2D eigenvalue weighted by molar-refractivity contribution is 7.89. The summed E-state index contributed by atoms with van der Waals surface area (Å²) < 4.78 is 26.8. The van der Waals surface area contributed by atoms with Crippen LogP contribution in [0.15, 0.2) is 0 Å². The third kappa shape index (κ3) is 3.25. The summed E-state index contributed by atoms with van der Waals surface area (Å²) in [4.78, 5) is 0. The van der Waals surface area contributed by atoms with Crippen LogP contribution in [0.4, 0.5) is 0 Å². The molecule has 0 amide bonds. The third-order valence-electron chi connectivity index (χ3n) is 4.15. The van der Waals surface area contributed by atoms with E-state index in [2.05, 4.69) is 12.2 Å². The molecule has 1 unspecified atom stereocenters. The van der Waals surface area contributed by atoms with Gasteiger partial charge >= 0.3 is 0 Å². The first-order valence-electron chi connectivity index (χ1n) is 7.37. The Bertz CT molecular complexity index is 350. The van der Waals surface area contributed by atoms with Gasteiger partial charge in [0.1, 0.15) is 0 Å². The minimum atomic E-state index is -3.03. The van der Waals surface area contributed by atoms with Crippen molar-refractivity contribution in [3.63, 3.8) is 0 Å². The lowest BCUT2D eigenvalue weighted by atomic mass is 10.1. The predicted octanol–water partition coefficient (Wildman–Crippen LogP) is 1.72. The topological polar surface area (TPSA) is 49.4 Å². The van der Waals surface area contributed by atoms with Crippen LogP contribution in [-0.4, -0.2) is 43.6 Å². The van der Waals surface area contributed by atoms with Crippen LogP contribution in [0.5, 0.6) is 0 Å². The van der Waals surface area contributed by atoms with E-state index < -0.39 is 10.0 Å². The Labute approximate surface area is 111 Å². The van der Waals surface area contributed by atoms with Gasteiger partial charge in [-0.25, -0.2) is 12.7 Å². The average Bonchev–Trinajstić information content (AvgIpc) is 2.91. The molecule has 0 bridgehead atoms. The molecule has 0 spiro atoms. The van der Waals surface area contributed by atoms with Crippen molar-refractivity contribution in [2.75, 3.05) is 19.6 Å². The van der Waals surface area contributed by atoms with Gasteiger partial charge in [-0.3, -0.25) is 0 Å². The molecule has 1 atom stereocenters. The molecule has 106 valence electrons. The largest absolute Gasteiger partial charge is 0.313 e. The molecule has 0 aromatic carbocycles. The van der Waals surface area contributed by atoms with E-state index in [0.717, 1.165) is 58.0 Å². The van der Waals surface area contributed by atoms with Gasteiger partial charge in [0.25, 0.3) is 0 Å². The number of piperidine rings is 1. The molecule has 2 aliphatic rings. The van der Waals surface area contributed by atoms with E-state index in [9.17, 15) is 8.42 Å². The normalized spacial score (nSPS) is 27.7. The maximum atomic E-state index is 12.5. The summed E-state index contributed by atoms with van der Waals surface area (Å²) in [6, 6.07) is 0.356. The van der Waals surface area contributed by atoms with Crippen LogP contribution in [0.1, 0.15) is 51.9 Å². The lowest BCUT2D eigenvalue weighted by molar-refractivity contribution is 0.281. The smallest absolute Gasteiger partial charge is 0.217 e. The molecular weight excluding hydrogens is 248 g/mol. The fraction of sp³-hybridized carbons (Fsp3) is 1.00. The molecule has 2 rings (SSSR count). The first kappa shape index (κ1) is 14.3. The fourth-order valence-corrected chi connectivity index (χ4v) is 5.21. The molecule has 1 saturated heterocycles. The Morgan fingerprint density at radius 2 is 1.89 bits per heavy atom. The van der Waals surface area contributed by atoms with Crippen LogP contribution in [-0.2, 0) is 10.0 Å². The molecule has 1 aliphatic heterocycles. The number of sulfonamides is 1. The van der Waals surface area contributed by atoms with Crippen LogP contribution in [0.25, 0.3) is 0 Å². The number of hydrogen-bond donors (Lipinski definition) is 1. The van der Waals surface area contributed by atoms with Gasteiger partial charge in [0, 0.05) is 19.1 Å². The van der Waals surface area contributed by atoms with Gasteiger partial charge < -0.3 is 5.32 Å². The zero-order valence-electron chi connectivity index (χ0n) is 11.4. The lowest BCUT2D eigenvalue weighted by Gasteiger charge is -2.34. The summed E-state index contributed by atoms with van der Waals surface area (Å²) in [5, 5.41) is 3.36. The number of hydrogen-bond acceptors (Lipinski definition) is 3. The summed E-state index contributed by atoms with van der Waals surface area (Å²) in [6.07, 6.45) is 7.10. The Morgan fingerprint density at radius 3 is 2.56 bits per heavy atom. The van der Waals surface area contributed by atoms with Crippen LogP contribution in [0, 0.1) is 0 Å². The maximum absolute atomic E-state index is 12.5. The van der Waals surface area contributed by atoms with Crippen molar-refractivity contribution in [3.05, 3.63) is 0 Å². The minimum Gasteiger partial charge on any atom is -0.313 e. The molecule has 5 heteroatoms. The van der Waals surface area contributed by atoms with Crippen LogP contribution >= 0.6 is 0 Å². The third-order valence-corrected chi connectivity index (χ3v) is 6.52. The summed E-state index contributed by atoms with van der Waals surface area (Å²) >= 11 is 0. The standard InChI is InChI=1S/C13H26N2O2S/c1-2-9-14-12-6-5-10-15(11-12)18(16,17)13-7-3-4-8-13/h12-14H,2-11H2,1H3. The van der Waals surface area contributed by atoms with E-state index in [1.807, 2.05) is 0 Å². The van der Waals surface area contributed by atoms with Crippen molar-refractivity contribution in [2.24, 2.45) is 0 Å². The number of nitrogens with one attached hydrogen (secondary N) is 1. The first-order chi connectivity index (χ1) is 8.64. The second-order valence-corrected chi connectivity index (χ2v) is 7.82. The number of nitrogens with zero attached hydrogens (tertiary/aromatic N) is 1. The molecule has 4 nitrogen and oxygen atoms in total.